The van der Waals surface area contributed by atoms with Crippen molar-refractivity contribution < 1.29 is 37.7 Å². The van der Waals surface area contributed by atoms with Gasteiger partial charge in [0.25, 0.3) is 5.91 Å². The predicted octanol–water partition coefficient (Wildman–Crippen LogP) is 3.10. The summed E-state index contributed by atoms with van der Waals surface area (Å²) >= 11 is 0. The Balaban J connectivity index is 1.71. The molecule has 1 aliphatic rings. The van der Waals surface area contributed by atoms with Crippen LogP contribution in [0.5, 0.6) is 17.2 Å². The van der Waals surface area contributed by atoms with Crippen LogP contribution in [0.1, 0.15) is 35.0 Å². The fourth-order valence-electron chi connectivity index (χ4n) is 4.47. The van der Waals surface area contributed by atoms with Gasteiger partial charge in [0.2, 0.25) is 11.8 Å². The Morgan fingerprint density at radius 1 is 0.975 bits per heavy atom. The number of carbonyl (C=O) groups is 3. The van der Waals surface area contributed by atoms with Crippen molar-refractivity contribution in [3.8, 4) is 17.2 Å². The van der Waals surface area contributed by atoms with Crippen molar-refractivity contribution in [2.75, 3.05) is 45.9 Å². The number of benzene rings is 2. The smallest absolute Gasteiger partial charge is 0.287 e. The molecule has 0 bridgehead atoms. The lowest BCUT2D eigenvalue weighted by molar-refractivity contribution is -0.126. The molecule has 2 atom stereocenters. The lowest BCUT2D eigenvalue weighted by Gasteiger charge is -2.32. The Kier molecular flexibility index (Phi) is 9.63. The number of hydrogen-bond acceptors (Lipinski definition) is 8. The third-order valence-corrected chi connectivity index (χ3v) is 6.52. The number of anilines is 1. The van der Waals surface area contributed by atoms with Gasteiger partial charge in [-0.1, -0.05) is 6.07 Å². The summed E-state index contributed by atoms with van der Waals surface area (Å²) in [6.45, 7) is 0.544. The largest absolute Gasteiger partial charge is 0.497 e. The van der Waals surface area contributed by atoms with Gasteiger partial charge < -0.3 is 34.0 Å². The summed E-state index contributed by atoms with van der Waals surface area (Å²) in [6, 6.07) is 13.7. The van der Waals surface area contributed by atoms with Gasteiger partial charge in [-0.15, -0.1) is 0 Å². The number of ether oxygens (including phenoxy) is 4. The molecule has 2 N–H and O–H groups in total. The highest BCUT2D eigenvalue weighted by atomic mass is 16.5. The molecule has 0 spiro atoms. The molecule has 11 nitrogen and oxygen atoms in total. The molecule has 3 aromatic rings. The fourth-order valence-corrected chi connectivity index (χ4v) is 4.47. The molecule has 0 saturated carbocycles. The lowest BCUT2D eigenvalue weighted by atomic mass is 10.0. The van der Waals surface area contributed by atoms with Gasteiger partial charge in [0, 0.05) is 18.8 Å². The second kappa shape index (κ2) is 13.5. The molecular weight excluding hydrogens is 518 g/mol. The van der Waals surface area contributed by atoms with Crippen LogP contribution in [-0.4, -0.2) is 64.9 Å². The topological polar surface area (TPSA) is 129 Å². The average molecular weight is 552 g/mol. The number of nitrogens with zero attached hydrogens (tertiary/aromatic N) is 1. The summed E-state index contributed by atoms with van der Waals surface area (Å²) < 4.78 is 26.9. The van der Waals surface area contributed by atoms with E-state index in [1.165, 1.54) is 38.6 Å². The van der Waals surface area contributed by atoms with E-state index in [9.17, 15) is 14.4 Å². The highest BCUT2D eigenvalue weighted by Crippen LogP contribution is 2.35. The van der Waals surface area contributed by atoms with Crippen LogP contribution in [0.3, 0.4) is 0 Å². The molecule has 2 aromatic carbocycles. The number of rotatable bonds is 12. The van der Waals surface area contributed by atoms with Crippen molar-refractivity contribution in [1.29, 1.82) is 0 Å². The van der Waals surface area contributed by atoms with Crippen LogP contribution >= 0.6 is 0 Å². The van der Waals surface area contributed by atoms with Crippen molar-refractivity contribution in [1.82, 2.24) is 10.6 Å². The monoisotopic (exact) mass is 551 g/mol. The minimum Gasteiger partial charge on any atom is -0.497 e. The molecule has 4 rings (SSSR count). The number of carbonyl (C=O) groups excluding carboxylic acids is 3. The van der Waals surface area contributed by atoms with Crippen molar-refractivity contribution in [2.24, 2.45) is 0 Å². The second-order valence-electron chi connectivity index (χ2n) is 9.02. The molecule has 1 fully saturated rings. The molecule has 3 amide bonds. The first-order valence-corrected chi connectivity index (χ1v) is 12.8. The Morgan fingerprint density at radius 3 is 2.38 bits per heavy atom. The third-order valence-electron chi connectivity index (χ3n) is 6.52. The van der Waals surface area contributed by atoms with Crippen LogP contribution in [0.4, 0.5) is 5.69 Å². The van der Waals surface area contributed by atoms with E-state index < -0.39 is 30.3 Å². The van der Waals surface area contributed by atoms with E-state index in [1.54, 1.807) is 48.5 Å². The maximum absolute atomic E-state index is 13.9. The molecule has 0 radical (unpaired) electrons. The zero-order valence-corrected chi connectivity index (χ0v) is 22.7. The van der Waals surface area contributed by atoms with Gasteiger partial charge in [0.05, 0.1) is 40.2 Å². The van der Waals surface area contributed by atoms with Crippen LogP contribution in [0.25, 0.3) is 0 Å². The first-order chi connectivity index (χ1) is 19.4. The Labute approximate surface area is 232 Å². The zero-order chi connectivity index (χ0) is 28.5. The van der Waals surface area contributed by atoms with Crippen molar-refractivity contribution in [3.05, 3.63) is 72.2 Å². The molecule has 11 heteroatoms. The molecular formula is C29H33N3O8. The Bertz CT molecular complexity index is 1290. The first kappa shape index (κ1) is 28.5. The van der Waals surface area contributed by atoms with Crippen molar-refractivity contribution in [3.63, 3.8) is 0 Å². The number of amides is 3. The predicted molar refractivity (Wildman–Crippen MR) is 146 cm³/mol. The van der Waals surface area contributed by atoms with Crippen molar-refractivity contribution in [2.45, 2.75) is 25.0 Å². The molecule has 2 heterocycles. The van der Waals surface area contributed by atoms with Gasteiger partial charge in [-0.25, -0.2) is 0 Å². The highest BCUT2D eigenvalue weighted by Gasteiger charge is 2.34. The molecule has 1 aromatic heterocycles. The average Bonchev–Trinajstić information content (AvgIpc) is 3.72. The molecule has 212 valence electrons. The van der Waals surface area contributed by atoms with Gasteiger partial charge in [-0.05, 0) is 66.9 Å². The summed E-state index contributed by atoms with van der Waals surface area (Å²) in [4.78, 5) is 41.5. The summed E-state index contributed by atoms with van der Waals surface area (Å²) in [6.07, 6.45) is 3.02. The summed E-state index contributed by atoms with van der Waals surface area (Å²) in [5, 5.41) is 5.52. The van der Waals surface area contributed by atoms with Gasteiger partial charge in [-0.2, -0.15) is 0 Å². The van der Waals surface area contributed by atoms with Gasteiger partial charge in [0.15, 0.2) is 17.3 Å². The van der Waals surface area contributed by atoms with Gasteiger partial charge in [-0.3, -0.25) is 19.3 Å². The highest BCUT2D eigenvalue weighted by molar-refractivity contribution is 6.04. The number of nitrogens with one attached hydrogen (secondary N) is 2. The molecule has 1 aliphatic heterocycles. The van der Waals surface area contributed by atoms with E-state index in [0.717, 1.165) is 12.8 Å². The van der Waals surface area contributed by atoms with E-state index in [-0.39, 0.29) is 11.9 Å². The third kappa shape index (κ3) is 6.73. The van der Waals surface area contributed by atoms with Gasteiger partial charge in [0.1, 0.15) is 11.8 Å². The van der Waals surface area contributed by atoms with E-state index in [0.29, 0.717) is 41.7 Å². The fraction of sp³-hybridized carbons (Fsp3) is 0.345. The van der Waals surface area contributed by atoms with E-state index in [2.05, 4.69) is 10.6 Å². The Hall–Kier alpha value is -4.51. The molecule has 0 aliphatic carbocycles. The minimum absolute atomic E-state index is 0.0644. The van der Waals surface area contributed by atoms with Crippen LogP contribution in [0.2, 0.25) is 0 Å². The normalized spacial score (nSPS) is 15.1. The minimum atomic E-state index is -1.12. The van der Waals surface area contributed by atoms with Crippen LogP contribution in [-0.2, 0) is 14.3 Å². The maximum Gasteiger partial charge on any atom is 0.287 e. The lowest BCUT2D eigenvalue weighted by Crippen LogP contribution is -2.48. The molecule has 0 unspecified atom stereocenters. The number of methoxy groups -OCH3 is 3. The number of hydrogen-bond donors (Lipinski definition) is 2. The maximum atomic E-state index is 13.9. The van der Waals surface area contributed by atoms with E-state index >= 15 is 0 Å². The van der Waals surface area contributed by atoms with E-state index in [4.69, 9.17) is 23.4 Å². The second-order valence-corrected chi connectivity index (χ2v) is 9.02. The van der Waals surface area contributed by atoms with Crippen LogP contribution in [0.15, 0.2) is 65.3 Å². The molecule has 40 heavy (non-hydrogen) atoms. The SMILES string of the molecule is COc1ccc(N(C(=O)CNC(=O)c2ccco2)[C@H](C(=O)NC[C@H]2CCCO2)c2ccc(OC)c(OC)c2)cc1. The number of furan rings is 1. The summed E-state index contributed by atoms with van der Waals surface area (Å²) in [7, 11) is 4.54. The quantitative estimate of drug-likeness (QED) is 0.352. The van der Waals surface area contributed by atoms with Crippen LogP contribution < -0.4 is 29.7 Å². The standard InChI is InChI=1S/C29H33N3O8/c1-36-21-11-9-20(10-12-21)32(26(33)18-31-28(34)24-7-5-15-40-24)27(29(35)30-17-22-6-4-14-39-22)19-8-13-23(37-2)25(16-19)38-3/h5,7-13,15-16,22,27H,4,6,14,17-18H2,1-3H3,(H,30,35)(H,31,34)/t22-,27+/m1/s1. The Morgan fingerprint density at radius 2 is 1.75 bits per heavy atom. The zero-order valence-electron chi connectivity index (χ0n) is 22.7. The van der Waals surface area contributed by atoms with Gasteiger partial charge >= 0.3 is 0 Å². The van der Waals surface area contributed by atoms with Crippen molar-refractivity contribution >= 4 is 23.4 Å². The summed E-state index contributed by atoms with van der Waals surface area (Å²) in [5.41, 5.74) is 0.897. The van der Waals surface area contributed by atoms with E-state index in [1.807, 2.05) is 0 Å². The molecule has 1 saturated heterocycles. The first-order valence-electron chi connectivity index (χ1n) is 12.8. The van der Waals surface area contributed by atoms with Crippen LogP contribution in [0, 0.1) is 0 Å². The summed E-state index contributed by atoms with van der Waals surface area (Å²) in [5.74, 6) is -0.00908.